The average molecular weight is 536 g/mol. The van der Waals surface area contributed by atoms with Crippen molar-refractivity contribution in [2.45, 2.75) is 20.0 Å². The predicted molar refractivity (Wildman–Crippen MR) is 129 cm³/mol. The van der Waals surface area contributed by atoms with E-state index in [0.717, 1.165) is 16.7 Å². The van der Waals surface area contributed by atoms with E-state index in [2.05, 4.69) is 0 Å². The summed E-state index contributed by atoms with van der Waals surface area (Å²) in [4.78, 5) is 52.8. The number of carbonyl (C=O) groups excluding carboxylic acids is 3. The number of amides is 2. The maximum atomic E-state index is 13.8. The number of hydrogen-bond donors (Lipinski definition) is 0. The van der Waals surface area contributed by atoms with Gasteiger partial charge in [-0.15, -0.1) is 0 Å². The first kappa shape index (κ1) is 28.0. The molecule has 202 valence electrons. The summed E-state index contributed by atoms with van der Waals surface area (Å²) in [7, 11) is 2.64. The molecule has 10 nitrogen and oxygen atoms in total. The number of carbonyl (C=O) groups is 3. The molecule has 0 saturated heterocycles. The van der Waals surface area contributed by atoms with Crippen LogP contribution in [0, 0.1) is 0 Å². The van der Waals surface area contributed by atoms with Crippen molar-refractivity contribution < 1.29 is 46.5 Å². The molecule has 0 atom stereocenters. The van der Waals surface area contributed by atoms with Crippen LogP contribution in [0.25, 0.3) is 10.9 Å². The van der Waals surface area contributed by atoms with Gasteiger partial charge in [-0.1, -0.05) is 6.07 Å². The molecular formula is C25H23F3N2O8. The summed E-state index contributed by atoms with van der Waals surface area (Å²) in [6.07, 6.45) is -7.20. The van der Waals surface area contributed by atoms with Crippen LogP contribution in [0.4, 0.5) is 28.4 Å². The Morgan fingerprint density at radius 1 is 0.974 bits per heavy atom. The van der Waals surface area contributed by atoms with Crippen molar-refractivity contribution in [2.75, 3.05) is 25.2 Å². The minimum absolute atomic E-state index is 0.0322. The van der Waals surface area contributed by atoms with E-state index in [4.69, 9.17) is 18.9 Å². The zero-order valence-electron chi connectivity index (χ0n) is 20.7. The van der Waals surface area contributed by atoms with Crippen LogP contribution in [0.2, 0.25) is 0 Å². The Morgan fingerprint density at radius 2 is 1.61 bits per heavy atom. The molecule has 13 heteroatoms. The van der Waals surface area contributed by atoms with E-state index in [1.54, 1.807) is 6.07 Å². The molecule has 2 aromatic carbocycles. The summed E-state index contributed by atoms with van der Waals surface area (Å²) in [6, 6.07) is 7.61. The van der Waals surface area contributed by atoms with E-state index in [-0.39, 0.29) is 35.6 Å². The lowest BCUT2D eigenvalue weighted by molar-refractivity contribution is -0.137. The van der Waals surface area contributed by atoms with Crippen LogP contribution < -0.4 is 19.9 Å². The quantitative estimate of drug-likeness (QED) is 0.409. The molecule has 1 heterocycles. The van der Waals surface area contributed by atoms with Crippen molar-refractivity contribution in [2.24, 2.45) is 7.05 Å². The van der Waals surface area contributed by atoms with Crippen molar-refractivity contribution >= 4 is 34.7 Å². The number of ether oxygens (including phenoxy) is 4. The fraction of sp³-hybridized carbons (Fsp3) is 0.280. The zero-order valence-corrected chi connectivity index (χ0v) is 20.7. The minimum atomic E-state index is -4.68. The highest BCUT2D eigenvalue weighted by molar-refractivity contribution is 6.21. The van der Waals surface area contributed by atoms with Crippen molar-refractivity contribution in [3.05, 3.63) is 63.9 Å². The lowest BCUT2D eigenvalue weighted by atomic mass is 10.1. The molecule has 3 rings (SSSR count). The topological polar surface area (TPSA) is 113 Å². The standard InChI is InChI=1S/C25H23F3N2O8/c1-5-36-23(33)30(15-12-10-14(11-13-15)25(26,27)28)22(32)19-20(38-24(34)37-6-2)18-16(29(3)21(19)31)8-7-9-17(18)35-4/h7-13H,5-6H2,1-4H3. The van der Waals surface area contributed by atoms with Crippen molar-refractivity contribution in [1.82, 2.24) is 4.57 Å². The molecule has 0 N–H and O–H groups in total. The third-order valence-corrected chi connectivity index (χ3v) is 5.33. The SMILES string of the molecule is CCOC(=O)Oc1c(C(=O)N(C(=O)OCC)c2ccc(C(F)(F)F)cc2)c(=O)n(C)c2cccc(OC)c12. The van der Waals surface area contributed by atoms with Crippen LogP contribution in [0.1, 0.15) is 29.8 Å². The lowest BCUT2D eigenvalue weighted by Gasteiger charge is -2.23. The number of alkyl halides is 3. The normalized spacial score (nSPS) is 11.1. The fourth-order valence-corrected chi connectivity index (χ4v) is 3.62. The number of imide groups is 1. The maximum absolute atomic E-state index is 13.8. The first-order valence-electron chi connectivity index (χ1n) is 11.2. The number of rotatable bonds is 6. The summed E-state index contributed by atoms with van der Waals surface area (Å²) < 4.78 is 60.7. The Hall–Kier alpha value is -4.55. The Morgan fingerprint density at radius 3 is 2.16 bits per heavy atom. The highest BCUT2D eigenvalue weighted by atomic mass is 19.4. The molecule has 0 saturated carbocycles. The number of halogens is 3. The molecule has 0 bridgehead atoms. The van der Waals surface area contributed by atoms with Gasteiger partial charge in [-0.2, -0.15) is 13.2 Å². The summed E-state index contributed by atoms with van der Waals surface area (Å²) in [5.41, 5.74) is -2.91. The Labute approximate surface area is 214 Å². The van der Waals surface area contributed by atoms with Crippen molar-refractivity contribution in [3.8, 4) is 11.5 Å². The van der Waals surface area contributed by atoms with Gasteiger partial charge in [0.15, 0.2) is 5.75 Å². The van der Waals surface area contributed by atoms with Crippen LogP contribution in [0.3, 0.4) is 0 Å². The number of fused-ring (bicyclic) bond motifs is 1. The van der Waals surface area contributed by atoms with Crippen LogP contribution in [0.15, 0.2) is 47.3 Å². The highest BCUT2D eigenvalue weighted by Gasteiger charge is 2.36. The van der Waals surface area contributed by atoms with Gasteiger partial charge < -0.3 is 23.5 Å². The van der Waals surface area contributed by atoms with Gasteiger partial charge in [-0.05, 0) is 50.2 Å². The number of nitrogens with zero attached hydrogens (tertiary/aromatic N) is 2. The van der Waals surface area contributed by atoms with E-state index in [0.29, 0.717) is 17.0 Å². The smallest absolute Gasteiger partial charge is 0.496 e. The third kappa shape index (κ3) is 5.41. The Bertz CT molecular complexity index is 1430. The van der Waals surface area contributed by atoms with Gasteiger partial charge >= 0.3 is 18.4 Å². The van der Waals surface area contributed by atoms with Crippen molar-refractivity contribution in [3.63, 3.8) is 0 Å². The molecular weight excluding hydrogens is 513 g/mol. The summed E-state index contributed by atoms with van der Waals surface area (Å²) >= 11 is 0. The molecule has 0 radical (unpaired) electrons. The molecule has 38 heavy (non-hydrogen) atoms. The van der Waals surface area contributed by atoms with Gasteiger partial charge in [0.25, 0.3) is 11.5 Å². The second-order valence-electron chi connectivity index (χ2n) is 7.59. The third-order valence-electron chi connectivity index (χ3n) is 5.33. The molecule has 0 aliphatic rings. The Balaban J connectivity index is 2.33. The van der Waals surface area contributed by atoms with Crippen LogP contribution >= 0.6 is 0 Å². The molecule has 0 aliphatic heterocycles. The van der Waals surface area contributed by atoms with Gasteiger partial charge in [0.05, 0.1) is 42.5 Å². The minimum Gasteiger partial charge on any atom is -0.496 e. The molecule has 0 aliphatic carbocycles. The first-order valence-corrected chi connectivity index (χ1v) is 11.2. The fourth-order valence-electron chi connectivity index (χ4n) is 3.62. The van der Waals surface area contributed by atoms with Gasteiger partial charge in [-0.25, -0.2) is 14.5 Å². The van der Waals surface area contributed by atoms with Crippen molar-refractivity contribution in [1.29, 1.82) is 0 Å². The number of hydrogen-bond acceptors (Lipinski definition) is 8. The van der Waals surface area contributed by atoms with Gasteiger partial charge in [0.1, 0.15) is 11.3 Å². The number of benzene rings is 2. The average Bonchev–Trinajstić information content (AvgIpc) is 2.87. The molecule has 0 unspecified atom stereocenters. The number of methoxy groups -OCH3 is 1. The summed E-state index contributed by atoms with van der Waals surface area (Å²) in [5, 5.41) is 0.0322. The van der Waals surface area contributed by atoms with E-state index in [9.17, 15) is 32.3 Å². The van der Waals surface area contributed by atoms with E-state index >= 15 is 0 Å². The van der Waals surface area contributed by atoms with Gasteiger partial charge in [0.2, 0.25) is 0 Å². The summed E-state index contributed by atoms with van der Waals surface area (Å²) in [6.45, 7) is 2.66. The Kier molecular flexibility index (Phi) is 8.29. The highest BCUT2D eigenvalue weighted by Crippen LogP contribution is 2.37. The number of aromatic nitrogens is 1. The predicted octanol–water partition coefficient (Wildman–Crippen LogP) is 4.90. The largest absolute Gasteiger partial charge is 0.513 e. The van der Waals surface area contributed by atoms with Crippen LogP contribution in [0.5, 0.6) is 11.5 Å². The van der Waals surface area contributed by atoms with Crippen LogP contribution in [-0.4, -0.2) is 43.0 Å². The first-order chi connectivity index (χ1) is 18.0. The van der Waals surface area contributed by atoms with Gasteiger partial charge in [0, 0.05) is 7.05 Å². The molecule has 1 aromatic heterocycles. The number of anilines is 1. The second-order valence-corrected chi connectivity index (χ2v) is 7.59. The molecule has 3 aromatic rings. The van der Waals surface area contributed by atoms with E-state index in [1.165, 1.54) is 40.1 Å². The lowest BCUT2D eigenvalue weighted by Crippen LogP contribution is -2.41. The number of pyridine rings is 1. The second kappa shape index (κ2) is 11.2. The van der Waals surface area contributed by atoms with E-state index < -0.39 is 46.8 Å². The van der Waals surface area contributed by atoms with E-state index in [1.807, 2.05) is 0 Å². The monoisotopic (exact) mass is 536 g/mol. The maximum Gasteiger partial charge on any atom is 0.513 e. The zero-order chi connectivity index (χ0) is 28.2. The number of aryl methyl sites for hydroxylation is 1. The molecule has 2 amide bonds. The summed E-state index contributed by atoms with van der Waals surface area (Å²) in [5.74, 6) is -1.77. The van der Waals surface area contributed by atoms with Gasteiger partial charge in [-0.3, -0.25) is 9.59 Å². The molecule has 0 spiro atoms. The molecule has 0 fully saturated rings. The van der Waals surface area contributed by atoms with Crippen LogP contribution in [-0.2, 0) is 22.7 Å².